The molecule has 2 aliphatic rings. The SMILES string of the molecule is CO[C@](C#N)(CO[PH](=O)N[C@@H](C)C(=O)OC(C)C)[C@@H](OC(=O)C1CCOCC1)[C@@H](OC(=O)C1CCOCC1)c1ccc2c(N)ncnn12. The number of nitrogen functional groups attached to an aromatic ring is 1. The Morgan fingerprint density at radius 3 is 2.23 bits per heavy atom. The molecule has 4 heterocycles. The maximum atomic E-state index is 13.7. The fourth-order valence-corrected chi connectivity index (χ4v) is 6.26. The first-order chi connectivity index (χ1) is 23.0. The number of nitrogens with zero attached hydrogens (tertiary/aromatic N) is 4. The van der Waals surface area contributed by atoms with Gasteiger partial charge in [0.15, 0.2) is 18.0 Å². The van der Waals surface area contributed by atoms with Crippen molar-refractivity contribution in [3.8, 4) is 6.07 Å². The molecule has 0 radical (unpaired) electrons. The van der Waals surface area contributed by atoms with Crippen LogP contribution in [-0.4, -0.2) is 96.5 Å². The first-order valence-electron chi connectivity index (χ1n) is 15.7. The van der Waals surface area contributed by atoms with Gasteiger partial charge in [-0.3, -0.25) is 18.9 Å². The molecule has 2 aromatic rings. The summed E-state index contributed by atoms with van der Waals surface area (Å²) in [5.41, 5.74) is 4.44. The quantitative estimate of drug-likeness (QED) is 0.154. The van der Waals surface area contributed by atoms with E-state index in [0.717, 1.165) is 0 Å². The predicted octanol–water partition coefficient (Wildman–Crippen LogP) is 1.91. The van der Waals surface area contributed by atoms with Gasteiger partial charge in [-0.15, -0.1) is 0 Å². The molecule has 48 heavy (non-hydrogen) atoms. The molecule has 17 nitrogen and oxygen atoms in total. The summed E-state index contributed by atoms with van der Waals surface area (Å²) < 4.78 is 53.9. The monoisotopic (exact) mass is 694 g/mol. The maximum Gasteiger partial charge on any atom is 0.323 e. The molecule has 4 rings (SSSR count). The number of methoxy groups -OCH3 is 1. The number of rotatable bonds is 15. The standard InChI is InChI=1S/C30H43N6O11P/c1-18(2)45-27(37)19(3)35-48(40)44-16-30(15-31,41-4)25(47-29(39)21-9-13-43-14-10-21)24(46-28(38)20-7-11-42-12-8-20)22-5-6-23-26(32)33-17-34-36(22)23/h5-6,17-21,24-25,48H,7-14,16H2,1-4H3,(H,35,40)(H2,32,33,34)/t19-,24-,25-,30+/m0/s1. The molecule has 0 saturated carbocycles. The number of anilines is 1. The van der Waals surface area contributed by atoms with Crippen molar-refractivity contribution in [2.24, 2.45) is 11.8 Å². The number of carbonyl (C=O) groups is 3. The normalized spacial score (nSPS) is 19.8. The van der Waals surface area contributed by atoms with Gasteiger partial charge in [-0.25, -0.2) is 14.6 Å². The highest BCUT2D eigenvalue weighted by Gasteiger charge is 2.52. The van der Waals surface area contributed by atoms with Crippen LogP contribution in [0.25, 0.3) is 5.52 Å². The zero-order chi connectivity index (χ0) is 34.8. The van der Waals surface area contributed by atoms with E-state index in [1.165, 1.54) is 24.9 Å². The Morgan fingerprint density at radius 2 is 1.67 bits per heavy atom. The Labute approximate surface area is 278 Å². The third-order valence-corrected chi connectivity index (χ3v) is 9.22. The zero-order valence-electron chi connectivity index (χ0n) is 27.4. The summed E-state index contributed by atoms with van der Waals surface area (Å²) >= 11 is 0. The molecule has 1 unspecified atom stereocenters. The fourth-order valence-electron chi connectivity index (χ4n) is 5.36. The largest absolute Gasteiger partial charge is 0.462 e. The molecule has 0 amide bonds. The van der Waals surface area contributed by atoms with Crippen molar-refractivity contribution in [2.75, 3.05) is 45.9 Å². The number of nitrogens with one attached hydrogen (secondary N) is 1. The van der Waals surface area contributed by atoms with E-state index in [9.17, 15) is 24.2 Å². The molecule has 0 spiro atoms. The second kappa shape index (κ2) is 17.1. The number of nitriles is 1. The molecule has 264 valence electrons. The van der Waals surface area contributed by atoms with Crippen molar-refractivity contribution < 1.29 is 51.9 Å². The summed E-state index contributed by atoms with van der Waals surface area (Å²) in [6, 6.07) is 4.16. The van der Waals surface area contributed by atoms with E-state index >= 15 is 0 Å². The summed E-state index contributed by atoms with van der Waals surface area (Å²) in [6.07, 6.45) is -0.872. The molecule has 18 heteroatoms. The first-order valence-corrected chi connectivity index (χ1v) is 17.1. The molecule has 2 saturated heterocycles. The van der Waals surface area contributed by atoms with Crippen LogP contribution in [0.2, 0.25) is 0 Å². The minimum absolute atomic E-state index is 0.123. The van der Waals surface area contributed by atoms with Gasteiger partial charge < -0.3 is 38.7 Å². The van der Waals surface area contributed by atoms with E-state index in [1.807, 2.05) is 6.07 Å². The smallest absolute Gasteiger partial charge is 0.323 e. The molecular formula is C30H43N6O11P. The highest BCUT2D eigenvalue weighted by molar-refractivity contribution is 7.36. The van der Waals surface area contributed by atoms with Crippen LogP contribution in [0.4, 0.5) is 5.82 Å². The number of fused-ring (bicyclic) bond motifs is 1. The molecule has 3 N–H and O–H groups in total. The Bertz CT molecular complexity index is 1490. The van der Waals surface area contributed by atoms with Gasteiger partial charge in [0, 0.05) is 33.5 Å². The molecule has 5 atom stereocenters. The Balaban J connectivity index is 1.74. The number of aromatic nitrogens is 3. The second-order valence-electron chi connectivity index (χ2n) is 11.8. The first kappa shape index (κ1) is 37.2. The van der Waals surface area contributed by atoms with E-state index < -0.39 is 74.5 Å². The maximum absolute atomic E-state index is 13.7. The van der Waals surface area contributed by atoms with Gasteiger partial charge in [0.1, 0.15) is 30.6 Å². The number of hydrogen-bond acceptors (Lipinski definition) is 15. The molecular weight excluding hydrogens is 651 g/mol. The average molecular weight is 695 g/mol. The molecule has 0 aliphatic carbocycles. The van der Waals surface area contributed by atoms with Gasteiger partial charge in [-0.05, 0) is 58.6 Å². The van der Waals surface area contributed by atoms with Crippen LogP contribution < -0.4 is 10.8 Å². The van der Waals surface area contributed by atoms with Crippen molar-refractivity contribution in [1.82, 2.24) is 19.7 Å². The fraction of sp³-hybridized carbons (Fsp3) is 0.667. The summed E-state index contributed by atoms with van der Waals surface area (Å²) in [4.78, 5) is 43.7. The van der Waals surface area contributed by atoms with Crippen LogP contribution in [0.5, 0.6) is 0 Å². The van der Waals surface area contributed by atoms with Crippen LogP contribution in [0.3, 0.4) is 0 Å². The number of hydrogen-bond donors (Lipinski definition) is 2. The summed E-state index contributed by atoms with van der Waals surface area (Å²) in [6.45, 7) is 5.42. The lowest BCUT2D eigenvalue weighted by molar-refractivity contribution is -0.200. The lowest BCUT2D eigenvalue weighted by Crippen LogP contribution is -2.54. The van der Waals surface area contributed by atoms with Crippen LogP contribution >= 0.6 is 8.18 Å². The van der Waals surface area contributed by atoms with E-state index in [4.69, 9.17) is 38.7 Å². The molecule has 0 aromatic carbocycles. The van der Waals surface area contributed by atoms with Gasteiger partial charge in [0.25, 0.3) is 8.18 Å². The summed E-state index contributed by atoms with van der Waals surface area (Å²) in [5, 5.41) is 17.5. The number of carbonyl (C=O) groups excluding carboxylic acids is 3. The van der Waals surface area contributed by atoms with Crippen molar-refractivity contribution in [1.29, 1.82) is 5.26 Å². The topological polar surface area (TPSA) is 225 Å². The van der Waals surface area contributed by atoms with Crippen LogP contribution in [0.1, 0.15) is 58.3 Å². The number of ether oxygens (including phenoxy) is 6. The van der Waals surface area contributed by atoms with Crippen LogP contribution in [-0.2, 0) is 51.9 Å². The second-order valence-corrected chi connectivity index (χ2v) is 13.0. The molecule has 2 aromatic heterocycles. The van der Waals surface area contributed by atoms with Crippen molar-refractivity contribution in [3.63, 3.8) is 0 Å². The van der Waals surface area contributed by atoms with E-state index in [1.54, 1.807) is 26.0 Å². The van der Waals surface area contributed by atoms with E-state index in [2.05, 4.69) is 15.2 Å². The zero-order valence-corrected chi connectivity index (χ0v) is 28.4. The molecule has 2 aliphatic heterocycles. The number of nitrogens with two attached hydrogens (primary N) is 1. The Hall–Kier alpha value is -3.65. The van der Waals surface area contributed by atoms with Crippen molar-refractivity contribution >= 4 is 37.4 Å². The van der Waals surface area contributed by atoms with E-state index in [-0.39, 0.29) is 11.5 Å². The van der Waals surface area contributed by atoms with Crippen LogP contribution in [0, 0.1) is 23.2 Å². The van der Waals surface area contributed by atoms with Crippen molar-refractivity contribution in [3.05, 3.63) is 24.2 Å². The summed E-state index contributed by atoms with van der Waals surface area (Å²) in [5.74, 6) is -2.96. The average Bonchev–Trinajstić information content (AvgIpc) is 3.53. The third-order valence-electron chi connectivity index (χ3n) is 8.14. The lowest BCUT2D eigenvalue weighted by atomic mass is 9.91. The van der Waals surface area contributed by atoms with Gasteiger partial charge in [-0.2, -0.15) is 10.4 Å². The Kier molecular flexibility index (Phi) is 13.3. The van der Waals surface area contributed by atoms with Gasteiger partial charge >= 0.3 is 17.9 Å². The highest BCUT2D eigenvalue weighted by Crippen LogP contribution is 2.38. The van der Waals surface area contributed by atoms with Gasteiger partial charge in [-0.1, -0.05) is 0 Å². The molecule has 0 bridgehead atoms. The lowest BCUT2D eigenvalue weighted by Gasteiger charge is -2.38. The Morgan fingerprint density at radius 1 is 1.06 bits per heavy atom. The predicted molar refractivity (Wildman–Crippen MR) is 167 cm³/mol. The highest BCUT2D eigenvalue weighted by atomic mass is 31.1. The van der Waals surface area contributed by atoms with Gasteiger partial charge in [0.2, 0.25) is 5.60 Å². The summed E-state index contributed by atoms with van der Waals surface area (Å²) in [7, 11) is -2.03. The number of esters is 3. The van der Waals surface area contributed by atoms with E-state index in [0.29, 0.717) is 57.6 Å². The molecule has 2 fully saturated rings. The minimum atomic E-state index is -3.21. The minimum Gasteiger partial charge on any atom is -0.462 e. The third kappa shape index (κ3) is 9.07. The van der Waals surface area contributed by atoms with Crippen LogP contribution in [0.15, 0.2) is 18.5 Å². The van der Waals surface area contributed by atoms with Crippen molar-refractivity contribution in [2.45, 2.75) is 76.4 Å². The van der Waals surface area contributed by atoms with Gasteiger partial charge in [0.05, 0.1) is 23.6 Å².